The third kappa shape index (κ3) is 5.23. The number of esters is 3. The minimum absolute atomic E-state index is 0.145. The number of ether oxygens (including phenoxy) is 4. The van der Waals surface area contributed by atoms with Gasteiger partial charge in [0.2, 0.25) is 11.5 Å². The summed E-state index contributed by atoms with van der Waals surface area (Å²) in [6.07, 6.45) is -3.28. The maximum atomic E-state index is 15.6. The molecule has 1 aliphatic heterocycles. The van der Waals surface area contributed by atoms with Gasteiger partial charge in [0.15, 0.2) is 19.7 Å². The molecule has 1 saturated heterocycles. The van der Waals surface area contributed by atoms with Crippen molar-refractivity contribution in [1.29, 1.82) is 0 Å². The van der Waals surface area contributed by atoms with Crippen molar-refractivity contribution in [1.82, 2.24) is 0 Å². The molecule has 2 saturated carbocycles. The number of aliphatic hydroxyl groups is 2. The Morgan fingerprint density at radius 1 is 1.06 bits per heavy atom. The van der Waals surface area contributed by atoms with E-state index in [1.165, 1.54) is 32.2 Å². The maximum Gasteiger partial charge on any atom is 0.374 e. The number of fused-ring (bicyclic) bond motifs is 5. The highest BCUT2D eigenvalue weighted by Gasteiger charge is 2.78. The van der Waals surface area contributed by atoms with Crippen molar-refractivity contribution in [3.63, 3.8) is 0 Å². The van der Waals surface area contributed by atoms with E-state index in [4.69, 9.17) is 27.8 Å². The van der Waals surface area contributed by atoms with Crippen LogP contribution in [0.4, 0.5) is 0 Å². The summed E-state index contributed by atoms with van der Waals surface area (Å²) in [5.41, 5.74) is -6.57. The first kappa shape index (κ1) is 36.4. The predicted octanol–water partition coefficient (Wildman–Crippen LogP) is 4.48. The molecule has 0 aromatic carbocycles. The molecule has 1 aromatic rings. The van der Waals surface area contributed by atoms with Gasteiger partial charge in [-0.3, -0.25) is 14.4 Å². The molecule has 9 atom stereocenters. The second-order valence-electron chi connectivity index (χ2n) is 14.8. The summed E-state index contributed by atoms with van der Waals surface area (Å²) in [4.78, 5) is 55.1. The van der Waals surface area contributed by atoms with Crippen LogP contribution in [0, 0.1) is 22.7 Å². The quantitative estimate of drug-likeness (QED) is 0.212. The summed E-state index contributed by atoms with van der Waals surface area (Å²) >= 11 is 0. The first-order chi connectivity index (χ1) is 22.4. The van der Waals surface area contributed by atoms with Gasteiger partial charge in [-0.2, -0.15) is 0 Å². The first-order valence-electron chi connectivity index (χ1n) is 17.0. The van der Waals surface area contributed by atoms with Gasteiger partial charge in [0, 0.05) is 38.0 Å². The minimum atomic E-state index is -2.49. The fraction of sp³-hybridized carbons (Fsp3) is 0.714. The van der Waals surface area contributed by atoms with Crippen LogP contribution in [0.5, 0.6) is 0 Å². The molecule has 13 heteroatoms. The third-order valence-corrected chi connectivity index (χ3v) is 16.9. The number of ketones is 1. The number of carbonyl (C=O) groups is 4. The van der Waals surface area contributed by atoms with Crippen LogP contribution in [0.15, 0.2) is 34.1 Å². The van der Waals surface area contributed by atoms with Crippen molar-refractivity contribution in [2.24, 2.45) is 22.7 Å². The number of carbonyl (C=O) groups excluding carboxylic acids is 4. The first-order valence-corrected chi connectivity index (χ1v) is 19.5. The summed E-state index contributed by atoms with van der Waals surface area (Å²) in [6.45, 7) is 15.2. The second-order valence-corrected chi connectivity index (χ2v) is 19.5. The Labute approximate surface area is 282 Å². The number of aliphatic hydroxyl groups excluding tert-OH is 1. The zero-order valence-electron chi connectivity index (χ0n) is 29.4. The van der Waals surface area contributed by atoms with Gasteiger partial charge >= 0.3 is 17.9 Å². The predicted molar refractivity (Wildman–Crippen MR) is 173 cm³/mol. The van der Waals surface area contributed by atoms with Gasteiger partial charge in [-0.1, -0.05) is 41.5 Å². The van der Waals surface area contributed by atoms with Crippen molar-refractivity contribution in [2.45, 2.75) is 129 Å². The number of hydrogen-bond acceptors (Lipinski definition) is 12. The molecule has 0 spiro atoms. The van der Waals surface area contributed by atoms with Gasteiger partial charge in [0.1, 0.15) is 17.8 Å². The van der Waals surface area contributed by atoms with Crippen molar-refractivity contribution >= 4 is 32.0 Å². The minimum Gasteiger partial charge on any atom is -0.457 e. The van der Waals surface area contributed by atoms with Crippen LogP contribution >= 0.6 is 0 Å². The number of rotatable bonds is 9. The van der Waals surface area contributed by atoms with Crippen LogP contribution in [0.3, 0.4) is 0 Å². The number of allylic oxidation sites excluding steroid dienone is 1. The van der Waals surface area contributed by atoms with E-state index < -0.39 is 90.3 Å². The van der Waals surface area contributed by atoms with Crippen molar-refractivity contribution in [2.75, 3.05) is 6.61 Å². The molecule has 0 radical (unpaired) electrons. The molecule has 1 unspecified atom stereocenters. The molecule has 2 heterocycles. The highest BCUT2D eigenvalue weighted by atomic mass is 28.4. The van der Waals surface area contributed by atoms with E-state index in [0.717, 1.165) is 18.1 Å². The van der Waals surface area contributed by atoms with Crippen LogP contribution in [0.2, 0.25) is 18.1 Å². The van der Waals surface area contributed by atoms with E-state index in [2.05, 4.69) is 20.8 Å². The molecule has 12 nitrogen and oxygen atoms in total. The molecule has 3 aliphatic carbocycles. The molecule has 4 aliphatic rings. The molecular formula is C35H50O12Si. The van der Waals surface area contributed by atoms with E-state index in [1.54, 1.807) is 27.7 Å². The van der Waals surface area contributed by atoms with Crippen LogP contribution in [0.25, 0.3) is 0 Å². The Bertz CT molecular complexity index is 1470. The van der Waals surface area contributed by atoms with E-state index in [0.29, 0.717) is 0 Å². The largest absolute Gasteiger partial charge is 0.457 e. The number of Topliss-reactive ketones (excluding diaryl/α,β-unsaturated/α-hetero) is 1. The van der Waals surface area contributed by atoms with Gasteiger partial charge < -0.3 is 38.0 Å². The van der Waals surface area contributed by atoms with E-state index in [-0.39, 0.29) is 36.5 Å². The Balaban J connectivity index is 1.90. The third-order valence-electron chi connectivity index (χ3n) is 12.2. The lowest BCUT2D eigenvalue weighted by atomic mass is 9.45. The lowest BCUT2D eigenvalue weighted by Crippen LogP contribution is -2.81. The Morgan fingerprint density at radius 2 is 1.71 bits per heavy atom. The standard InChI is InChI=1S/C35H50O12Si/c1-10-48(11-2,12-3)47-24-16-25-34(18-43-25,46-21(6)37)28-30(45-31(40)23-14-13-15-42-23)35(41)17-22(38)19(4)26(32(35,7)8)27(44-20(5)36)29(39)33(24,28)9/h13-15,19,22,24-25,28,30,38,41H,10-12,16-18H2,1-9H3/t19?,22-,24-,25+,28-,30-,33+,34-,35+/m0/s1. The number of hydrogen-bond donors (Lipinski definition) is 2. The molecule has 266 valence electrons. The Kier molecular flexibility index (Phi) is 9.48. The monoisotopic (exact) mass is 690 g/mol. The Hall–Kier alpha value is -2.84. The van der Waals surface area contributed by atoms with E-state index >= 15 is 4.79 Å². The highest BCUT2D eigenvalue weighted by Crippen LogP contribution is 2.65. The van der Waals surface area contributed by atoms with Gasteiger partial charge in [-0.25, -0.2) is 4.79 Å². The summed E-state index contributed by atoms with van der Waals surface area (Å²) < 4.78 is 36.9. The molecule has 2 bridgehead atoms. The lowest BCUT2D eigenvalue weighted by Gasteiger charge is -2.68. The van der Waals surface area contributed by atoms with Crippen LogP contribution in [-0.4, -0.2) is 84.4 Å². The fourth-order valence-corrected chi connectivity index (χ4v) is 12.1. The fourth-order valence-electron chi connectivity index (χ4n) is 9.16. The molecular weight excluding hydrogens is 640 g/mol. The average Bonchev–Trinajstić information content (AvgIpc) is 3.56. The SMILES string of the molecule is CC[Si](CC)(CC)O[C@H]1C[C@H]2OC[C@@]2(OC(C)=O)[C@H]2[C@H](OC(=O)c3ccco3)[C@]3(O)C[C@H](O)C(C)C(=C(OC(C)=O)C(=O)[C@]12C)C3(C)C. The zero-order valence-corrected chi connectivity index (χ0v) is 30.4. The van der Waals surface area contributed by atoms with Crippen molar-refractivity contribution in [3.05, 3.63) is 35.5 Å². The van der Waals surface area contributed by atoms with Gasteiger partial charge in [0.05, 0.1) is 36.4 Å². The topological polar surface area (TPSA) is 168 Å². The second kappa shape index (κ2) is 12.5. The van der Waals surface area contributed by atoms with Crippen LogP contribution < -0.4 is 0 Å². The summed E-state index contributed by atoms with van der Waals surface area (Å²) in [7, 11) is -2.49. The molecule has 3 fully saturated rings. The van der Waals surface area contributed by atoms with Crippen molar-refractivity contribution < 1.29 is 57.2 Å². The summed E-state index contributed by atoms with van der Waals surface area (Å²) in [5, 5.41) is 24.7. The van der Waals surface area contributed by atoms with Crippen LogP contribution in [-0.2, 0) is 37.8 Å². The average molecular weight is 691 g/mol. The van der Waals surface area contributed by atoms with Gasteiger partial charge in [-0.15, -0.1) is 0 Å². The summed E-state index contributed by atoms with van der Waals surface area (Å²) in [6, 6.07) is 5.19. The Morgan fingerprint density at radius 3 is 2.21 bits per heavy atom. The molecule has 5 rings (SSSR count). The smallest absolute Gasteiger partial charge is 0.374 e. The summed E-state index contributed by atoms with van der Waals surface area (Å²) in [5.74, 6) is -5.41. The number of furan rings is 1. The molecule has 0 amide bonds. The van der Waals surface area contributed by atoms with Crippen molar-refractivity contribution in [3.8, 4) is 0 Å². The maximum absolute atomic E-state index is 15.6. The lowest BCUT2D eigenvalue weighted by molar-refractivity contribution is -0.344. The van der Waals surface area contributed by atoms with Gasteiger partial charge in [-0.05, 0) is 42.8 Å². The van der Waals surface area contributed by atoms with E-state index in [9.17, 15) is 24.6 Å². The molecule has 48 heavy (non-hydrogen) atoms. The highest BCUT2D eigenvalue weighted by molar-refractivity contribution is 6.73. The van der Waals surface area contributed by atoms with E-state index in [1.807, 2.05) is 0 Å². The normalized spacial score (nSPS) is 37.3. The van der Waals surface area contributed by atoms with Gasteiger partial charge in [0.25, 0.3) is 0 Å². The van der Waals surface area contributed by atoms with Crippen LogP contribution in [0.1, 0.15) is 85.7 Å². The molecule has 1 aromatic heterocycles. The zero-order chi connectivity index (χ0) is 35.6. The molecule has 2 N–H and O–H groups in total.